The van der Waals surface area contributed by atoms with E-state index < -0.39 is 17.5 Å². The molecular formula is C25H27N5O3. The normalized spacial score (nSPS) is 21.3. The minimum Gasteiger partial charge on any atom is -0.344 e. The van der Waals surface area contributed by atoms with E-state index >= 15 is 0 Å². The number of imide groups is 1. The molecule has 1 aliphatic heterocycles. The number of imidazole rings is 1. The molecule has 3 atom stereocenters. The number of urea groups is 1. The highest BCUT2D eigenvalue weighted by Crippen LogP contribution is 2.41. The molecule has 3 unspecified atom stereocenters. The second kappa shape index (κ2) is 8.03. The molecule has 1 fully saturated rings. The van der Waals surface area contributed by atoms with Gasteiger partial charge in [0.05, 0.1) is 17.1 Å². The molecule has 1 saturated heterocycles. The maximum atomic E-state index is 13.3. The highest BCUT2D eigenvalue weighted by Gasteiger charge is 2.55. The molecule has 0 bridgehead atoms. The Morgan fingerprint density at radius 1 is 1.18 bits per heavy atom. The fraction of sp³-hybridized carbons (Fsp3) is 0.360. The first-order chi connectivity index (χ1) is 15.9. The average Bonchev–Trinajstić information content (AvgIpc) is 3.48. The Labute approximate surface area is 191 Å². The Kier molecular flexibility index (Phi) is 5.15. The Hall–Kier alpha value is -3.68. The summed E-state index contributed by atoms with van der Waals surface area (Å²) < 4.78 is 0. The molecule has 2 heterocycles. The van der Waals surface area contributed by atoms with Gasteiger partial charge in [0.25, 0.3) is 5.91 Å². The molecule has 8 nitrogen and oxygen atoms in total. The number of aromatic nitrogens is 2. The van der Waals surface area contributed by atoms with Crippen molar-refractivity contribution in [2.75, 3.05) is 6.54 Å². The number of amides is 4. The van der Waals surface area contributed by atoms with Gasteiger partial charge in [-0.05, 0) is 42.0 Å². The minimum atomic E-state index is -1.07. The van der Waals surface area contributed by atoms with Gasteiger partial charge < -0.3 is 15.6 Å². The summed E-state index contributed by atoms with van der Waals surface area (Å²) in [6.07, 6.45) is 2.04. The lowest BCUT2D eigenvalue weighted by Crippen LogP contribution is -2.45. The lowest BCUT2D eigenvalue weighted by molar-refractivity contribution is -0.135. The van der Waals surface area contributed by atoms with Gasteiger partial charge in [0.2, 0.25) is 5.91 Å². The van der Waals surface area contributed by atoms with E-state index in [4.69, 9.17) is 0 Å². The van der Waals surface area contributed by atoms with Crippen molar-refractivity contribution in [1.29, 1.82) is 0 Å². The molecule has 8 heteroatoms. The number of carbonyl (C=O) groups is 3. The summed E-state index contributed by atoms with van der Waals surface area (Å²) in [5.74, 6) is 0.00646. The van der Waals surface area contributed by atoms with Crippen molar-refractivity contribution in [3.63, 3.8) is 0 Å². The Bertz CT molecular complexity index is 1220. The quantitative estimate of drug-likeness (QED) is 0.507. The first-order valence-electron chi connectivity index (χ1n) is 11.4. The van der Waals surface area contributed by atoms with Crippen LogP contribution in [0.25, 0.3) is 11.0 Å². The number of aryl methyl sites for hydroxylation is 1. The van der Waals surface area contributed by atoms with Crippen molar-refractivity contribution in [2.45, 2.75) is 44.7 Å². The molecule has 0 radical (unpaired) electrons. The number of fused-ring (bicyclic) bond motifs is 3. The zero-order chi connectivity index (χ0) is 23.2. The van der Waals surface area contributed by atoms with Crippen LogP contribution in [0.1, 0.15) is 49.7 Å². The number of hydrogen-bond acceptors (Lipinski definition) is 4. The molecule has 5 rings (SSSR count). The number of benzene rings is 2. The van der Waals surface area contributed by atoms with Crippen LogP contribution in [0.15, 0.2) is 48.5 Å². The second-order valence-corrected chi connectivity index (χ2v) is 8.95. The smallest absolute Gasteiger partial charge is 0.325 e. The van der Waals surface area contributed by atoms with E-state index in [1.54, 1.807) is 0 Å². The van der Waals surface area contributed by atoms with E-state index in [9.17, 15) is 14.4 Å². The van der Waals surface area contributed by atoms with Gasteiger partial charge in [-0.15, -0.1) is 0 Å². The number of nitrogens with zero attached hydrogens (tertiary/aromatic N) is 2. The van der Waals surface area contributed by atoms with Gasteiger partial charge in [-0.2, -0.15) is 0 Å². The lowest BCUT2D eigenvalue weighted by Gasteiger charge is -2.24. The molecule has 0 saturated carbocycles. The Morgan fingerprint density at radius 2 is 1.94 bits per heavy atom. The Balaban J connectivity index is 1.35. The molecule has 2 aromatic carbocycles. The molecule has 1 aliphatic carbocycles. The van der Waals surface area contributed by atoms with Gasteiger partial charge in [0.15, 0.2) is 0 Å². The van der Waals surface area contributed by atoms with E-state index in [0.29, 0.717) is 18.7 Å². The summed E-state index contributed by atoms with van der Waals surface area (Å²) in [4.78, 5) is 48.1. The highest BCUT2D eigenvalue weighted by atomic mass is 16.2. The summed E-state index contributed by atoms with van der Waals surface area (Å²) >= 11 is 0. The number of nitrogens with one attached hydrogen (secondary N) is 3. The van der Waals surface area contributed by atoms with E-state index in [0.717, 1.165) is 33.5 Å². The number of hydrogen-bond donors (Lipinski definition) is 3. The van der Waals surface area contributed by atoms with Gasteiger partial charge >= 0.3 is 6.03 Å². The number of H-pyrrole nitrogens is 1. The molecular weight excluding hydrogens is 418 g/mol. The predicted molar refractivity (Wildman–Crippen MR) is 123 cm³/mol. The van der Waals surface area contributed by atoms with Crippen LogP contribution >= 0.6 is 0 Å². The SMILES string of the molecule is CCC(C)C(NC(=O)CN1C(=O)NC2(CCc3ccccc32)C1=O)c1nc2ccccc2[nH]1. The monoisotopic (exact) mass is 445 g/mol. The van der Waals surface area contributed by atoms with E-state index in [-0.39, 0.29) is 24.4 Å². The van der Waals surface area contributed by atoms with E-state index in [2.05, 4.69) is 20.6 Å². The maximum absolute atomic E-state index is 13.3. The van der Waals surface area contributed by atoms with Crippen molar-refractivity contribution < 1.29 is 14.4 Å². The largest absolute Gasteiger partial charge is 0.344 e. The minimum absolute atomic E-state index is 0.102. The van der Waals surface area contributed by atoms with Crippen LogP contribution in [0.4, 0.5) is 4.79 Å². The van der Waals surface area contributed by atoms with Gasteiger partial charge in [0.1, 0.15) is 17.9 Å². The molecule has 1 spiro atoms. The van der Waals surface area contributed by atoms with Crippen LogP contribution < -0.4 is 10.6 Å². The van der Waals surface area contributed by atoms with Crippen LogP contribution in [-0.2, 0) is 21.5 Å². The molecule has 3 aromatic rings. The van der Waals surface area contributed by atoms with Gasteiger partial charge in [-0.1, -0.05) is 56.7 Å². The number of para-hydroxylation sites is 2. The molecule has 1 aromatic heterocycles. The number of aromatic amines is 1. The zero-order valence-corrected chi connectivity index (χ0v) is 18.7. The third kappa shape index (κ3) is 3.46. The first-order valence-corrected chi connectivity index (χ1v) is 11.4. The summed E-state index contributed by atoms with van der Waals surface area (Å²) in [5, 5.41) is 5.87. The van der Waals surface area contributed by atoms with Gasteiger partial charge in [-0.25, -0.2) is 9.78 Å². The predicted octanol–water partition coefficient (Wildman–Crippen LogP) is 3.16. The summed E-state index contributed by atoms with van der Waals surface area (Å²) in [5.41, 5.74) is 2.53. The van der Waals surface area contributed by atoms with Crippen molar-refractivity contribution >= 4 is 28.9 Å². The van der Waals surface area contributed by atoms with Crippen molar-refractivity contribution in [3.05, 3.63) is 65.5 Å². The standard InChI is InChI=1S/C25H27N5O3/c1-3-15(2)21(22-26-18-10-6-7-11-19(18)27-22)28-20(31)14-30-23(32)25(29-24(30)33)13-12-16-8-4-5-9-17(16)25/h4-11,15,21H,3,12-14H2,1-2H3,(H,26,27)(H,28,31)(H,29,33). The molecule has 170 valence electrons. The van der Waals surface area contributed by atoms with E-state index in [1.807, 2.05) is 62.4 Å². The summed E-state index contributed by atoms with van der Waals surface area (Å²) in [6.45, 7) is 3.75. The average molecular weight is 446 g/mol. The van der Waals surface area contributed by atoms with Gasteiger partial charge in [0, 0.05) is 0 Å². The molecule has 2 aliphatic rings. The summed E-state index contributed by atoms with van der Waals surface area (Å²) in [6, 6.07) is 14.4. The summed E-state index contributed by atoms with van der Waals surface area (Å²) in [7, 11) is 0. The van der Waals surface area contributed by atoms with E-state index in [1.165, 1.54) is 0 Å². The van der Waals surface area contributed by atoms with Crippen LogP contribution in [0.3, 0.4) is 0 Å². The third-order valence-electron chi connectivity index (χ3n) is 6.96. The fourth-order valence-electron chi connectivity index (χ4n) is 4.93. The van der Waals surface area contributed by atoms with Crippen LogP contribution in [0, 0.1) is 5.92 Å². The van der Waals surface area contributed by atoms with Crippen molar-refractivity contribution in [3.8, 4) is 0 Å². The Morgan fingerprint density at radius 3 is 2.73 bits per heavy atom. The molecule has 33 heavy (non-hydrogen) atoms. The molecule has 4 amide bonds. The lowest BCUT2D eigenvalue weighted by atomic mass is 9.92. The molecule has 3 N–H and O–H groups in total. The van der Waals surface area contributed by atoms with Crippen LogP contribution in [0.2, 0.25) is 0 Å². The number of carbonyl (C=O) groups excluding carboxylic acids is 3. The van der Waals surface area contributed by atoms with Gasteiger partial charge in [-0.3, -0.25) is 14.5 Å². The third-order valence-corrected chi connectivity index (χ3v) is 6.96. The van der Waals surface area contributed by atoms with Crippen molar-refractivity contribution in [1.82, 2.24) is 25.5 Å². The van der Waals surface area contributed by atoms with Crippen molar-refractivity contribution in [2.24, 2.45) is 5.92 Å². The number of rotatable bonds is 6. The highest BCUT2D eigenvalue weighted by molar-refractivity contribution is 6.10. The first kappa shape index (κ1) is 21.2. The van der Waals surface area contributed by atoms with Crippen LogP contribution in [-0.4, -0.2) is 39.3 Å². The topological polar surface area (TPSA) is 107 Å². The fourth-order valence-corrected chi connectivity index (χ4v) is 4.93. The van der Waals surface area contributed by atoms with Crippen LogP contribution in [0.5, 0.6) is 0 Å². The maximum Gasteiger partial charge on any atom is 0.325 e. The zero-order valence-electron chi connectivity index (χ0n) is 18.7. The second-order valence-electron chi connectivity index (χ2n) is 8.95.